The van der Waals surface area contributed by atoms with E-state index in [0.29, 0.717) is 38.0 Å². The molecule has 0 radical (unpaired) electrons. The number of thiocarbonyl (C=S) groups is 1. The molecule has 0 atom stereocenters. The second kappa shape index (κ2) is 7.54. The van der Waals surface area contributed by atoms with Gasteiger partial charge in [0.1, 0.15) is 11.5 Å². The highest BCUT2D eigenvalue weighted by Gasteiger charge is 2.09. The fourth-order valence-corrected chi connectivity index (χ4v) is 2.36. The van der Waals surface area contributed by atoms with Crippen LogP contribution in [0.2, 0.25) is 10.0 Å². The highest BCUT2D eigenvalue weighted by atomic mass is 35.5. The predicted octanol–water partition coefficient (Wildman–Crippen LogP) is 4.82. The molecule has 0 unspecified atom stereocenters. The fraction of sp³-hybridized carbons (Fsp3) is 0.133. The van der Waals surface area contributed by atoms with Gasteiger partial charge in [-0.3, -0.25) is 0 Å². The van der Waals surface area contributed by atoms with E-state index in [4.69, 9.17) is 44.9 Å². The number of methoxy groups -OCH3 is 2. The monoisotopic (exact) mass is 356 g/mol. The topological polar surface area (TPSA) is 42.5 Å². The highest BCUT2D eigenvalue weighted by Crippen LogP contribution is 2.31. The summed E-state index contributed by atoms with van der Waals surface area (Å²) in [4.78, 5) is 0. The highest BCUT2D eigenvalue weighted by molar-refractivity contribution is 7.80. The lowest BCUT2D eigenvalue weighted by Crippen LogP contribution is -2.19. The molecule has 0 aromatic heterocycles. The maximum Gasteiger partial charge on any atom is 0.175 e. The number of nitrogens with one attached hydrogen (secondary N) is 2. The second-order valence-electron chi connectivity index (χ2n) is 4.25. The average molecular weight is 357 g/mol. The molecule has 2 N–H and O–H groups in total. The minimum Gasteiger partial charge on any atom is -0.497 e. The van der Waals surface area contributed by atoms with Crippen LogP contribution < -0.4 is 20.1 Å². The first-order valence-electron chi connectivity index (χ1n) is 6.29. The molecule has 0 saturated heterocycles. The van der Waals surface area contributed by atoms with Gasteiger partial charge < -0.3 is 20.1 Å². The molecule has 0 spiro atoms. The van der Waals surface area contributed by atoms with E-state index in [9.17, 15) is 0 Å². The zero-order chi connectivity index (χ0) is 16.1. The van der Waals surface area contributed by atoms with E-state index in [1.807, 2.05) is 0 Å². The molecule has 0 bridgehead atoms. The molecular formula is C15H14Cl2N2O2S. The van der Waals surface area contributed by atoms with Crippen LogP contribution in [0.1, 0.15) is 0 Å². The summed E-state index contributed by atoms with van der Waals surface area (Å²) >= 11 is 17.4. The summed E-state index contributed by atoms with van der Waals surface area (Å²) in [6.45, 7) is 0. The summed E-state index contributed by atoms with van der Waals surface area (Å²) in [6.07, 6.45) is 0. The van der Waals surface area contributed by atoms with Gasteiger partial charge >= 0.3 is 0 Å². The maximum atomic E-state index is 6.12. The van der Waals surface area contributed by atoms with Crippen LogP contribution in [0, 0.1) is 0 Å². The van der Waals surface area contributed by atoms with Crippen molar-refractivity contribution in [1.29, 1.82) is 0 Å². The number of hydrogen-bond acceptors (Lipinski definition) is 3. The third-order valence-corrected chi connectivity index (χ3v) is 3.88. The van der Waals surface area contributed by atoms with Gasteiger partial charge in [-0.25, -0.2) is 0 Å². The van der Waals surface area contributed by atoms with Crippen molar-refractivity contribution in [3.63, 3.8) is 0 Å². The summed E-state index contributed by atoms with van der Waals surface area (Å²) in [6, 6.07) is 10.6. The molecule has 0 aliphatic heterocycles. The number of anilines is 2. The van der Waals surface area contributed by atoms with Crippen LogP contribution in [-0.4, -0.2) is 19.3 Å². The summed E-state index contributed by atoms with van der Waals surface area (Å²) < 4.78 is 10.5. The third kappa shape index (κ3) is 3.94. The van der Waals surface area contributed by atoms with Crippen molar-refractivity contribution in [3.8, 4) is 11.5 Å². The molecule has 4 nitrogen and oxygen atoms in total. The summed E-state index contributed by atoms with van der Waals surface area (Å²) in [5, 5.41) is 7.26. The molecule has 22 heavy (non-hydrogen) atoms. The Morgan fingerprint density at radius 2 is 1.73 bits per heavy atom. The first kappa shape index (κ1) is 16.7. The Morgan fingerprint density at radius 3 is 2.41 bits per heavy atom. The summed E-state index contributed by atoms with van der Waals surface area (Å²) in [5.74, 6) is 1.33. The van der Waals surface area contributed by atoms with Crippen molar-refractivity contribution in [2.45, 2.75) is 0 Å². The van der Waals surface area contributed by atoms with Crippen molar-refractivity contribution >= 4 is 51.9 Å². The largest absolute Gasteiger partial charge is 0.497 e. The van der Waals surface area contributed by atoms with E-state index >= 15 is 0 Å². The van der Waals surface area contributed by atoms with Gasteiger partial charge in [0, 0.05) is 6.07 Å². The van der Waals surface area contributed by atoms with Crippen LogP contribution in [0.15, 0.2) is 36.4 Å². The Kier molecular flexibility index (Phi) is 5.71. The van der Waals surface area contributed by atoms with E-state index < -0.39 is 0 Å². The van der Waals surface area contributed by atoms with E-state index in [1.165, 1.54) is 0 Å². The molecule has 0 fully saturated rings. The van der Waals surface area contributed by atoms with E-state index in [2.05, 4.69) is 10.6 Å². The number of hydrogen-bond donors (Lipinski definition) is 2. The van der Waals surface area contributed by atoms with Crippen molar-refractivity contribution in [2.75, 3.05) is 24.9 Å². The van der Waals surface area contributed by atoms with Gasteiger partial charge in [0.2, 0.25) is 0 Å². The summed E-state index contributed by atoms with van der Waals surface area (Å²) in [5.41, 5.74) is 1.30. The van der Waals surface area contributed by atoms with Crippen molar-refractivity contribution in [1.82, 2.24) is 0 Å². The number of ether oxygens (including phenoxy) is 2. The van der Waals surface area contributed by atoms with Crippen molar-refractivity contribution in [2.24, 2.45) is 0 Å². The molecular weight excluding hydrogens is 343 g/mol. The molecule has 2 aromatic rings. The third-order valence-electron chi connectivity index (χ3n) is 2.85. The van der Waals surface area contributed by atoms with Gasteiger partial charge in [-0.2, -0.15) is 0 Å². The smallest absolute Gasteiger partial charge is 0.175 e. The van der Waals surface area contributed by atoms with Gasteiger partial charge in [0.15, 0.2) is 5.11 Å². The molecule has 0 amide bonds. The Labute approximate surface area is 144 Å². The molecule has 0 aliphatic carbocycles. The zero-order valence-corrected chi connectivity index (χ0v) is 14.3. The van der Waals surface area contributed by atoms with Crippen LogP contribution in [-0.2, 0) is 0 Å². The Morgan fingerprint density at radius 1 is 1.00 bits per heavy atom. The maximum absolute atomic E-state index is 6.12. The van der Waals surface area contributed by atoms with Gasteiger partial charge in [-0.05, 0) is 36.5 Å². The number of rotatable bonds is 4. The lowest BCUT2D eigenvalue weighted by atomic mass is 10.2. The number of benzene rings is 2. The molecule has 0 aliphatic rings. The molecule has 7 heteroatoms. The van der Waals surface area contributed by atoms with Crippen LogP contribution in [0.25, 0.3) is 0 Å². The minimum atomic E-state index is 0.357. The molecule has 2 rings (SSSR count). The van der Waals surface area contributed by atoms with Crippen LogP contribution in [0.5, 0.6) is 11.5 Å². The first-order valence-corrected chi connectivity index (χ1v) is 7.45. The second-order valence-corrected chi connectivity index (χ2v) is 5.44. The van der Waals surface area contributed by atoms with Gasteiger partial charge in [-0.1, -0.05) is 29.3 Å². The quantitative estimate of drug-likeness (QED) is 0.768. The van der Waals surface area contributed by atoms with E-state index in [-0.39, 0.29) is 0 Å². The standard InChI is InChI=1S/C15H14Cl2N2O2S/c1-20-9-6-7-13(21-2)12(8-9)19-15(22)18-11-5-3-4-10(16)14(11)17/h3-8H,1-2H3,(H2,18,19,22). The number of halogens is 2. The van der Waals surface area contributed by atoms with E-state index in [0.717, 1.165) is 0 Å². The lowest BCUT2D eigenvalue weighted by molar-refractivity contribution is 0.405. The van der Waals surface area contributed by atoms with Gasteiger partial charge in [-0.15, -0.1) is 0 Å². The van der Waals surface area contributed by atoms with Crippen molar-refractivity contribution in [3.05, 3.63) is 46.4 Å². The van der Waals surface area contributed by atoms with E-state index in [1.54, 1.807) is 50.6 Å². The molecule has 2 aromatic carbocycles. The van der Waals surface area contributed by atoms with Crippen LogP contribution in [0.3, 0.4) is 0 Å². The zero-order valence-electron chi connectivity index (χ0n) is 11.9. The normalized spacial score (nSPS) is 10.0. The van der Waals surface area contributed by atoms with Crippen LogP contribution >= 0.6 is 35.4 Å². The van der Waals surface area contributed by atoms with Crippen LogP contribution in [0.4, 0.5) is 11.4 Å². The Hall–Kier alpha value is -1.69. The van der Waals surface area contributed by atoms with Gasteiger partial charge in [0.05, 0.1) is 35.6 Å². The molecule has 0 saturated carbocycles. The van der Waals surface area contributed by atoms with Crippen molar-refractivity contribution < 1.29 is 9.47 Å². The Balaban J connectivity index is 2.16. The Bertz CT molecular complexity index is 695. The first-order chi connectivity index (χ1) is 10.5. The average Bonchev–Trinajstić information content (AvgIpc) is 2.51. The molecule has 0 heterocycles. The lowest BCUT2D eigenvalue weighted by Gasteiger charge is -2.15. The fourth-order valence-electron chi connectivity index (χ4n) is 1.79. The molecule has 116 valence electrons. The minimum absolute atomic E-state index is 0.357. The predicted molar refractivity (Wildman–Crippen MR) is 95.9 cm³/mol. The summed E-state index contributed by atoms with van der Waals surface area (Å²) in [7, 11) is 3.17. The van der Waals surface area contributed by atoms with Gasteiger partial charge in [0.25, 0.3) is 0 Å². The SMILES string of the molecule is COc1ccc(OC)c(NC(=S)Nc2cccc(Cl)c2Cl)c1.